The van der Waals surface area contributed by atoms with Crippen molar-refractivity contribution in [3.63, 3.8) is 0 Å². The summed E-state index contributed by atoms with van der Waals surface area (Å²) in [5.74, 6) is -1.30. The van der Waals surface area contributed by atoms with E-state index in [1.54, 1.807) is 30.5 Å². The molecule has 0 N–H and O–H groups in total. The molecular weight excluding hydrogens is 621 g/mol. The normalized spacial score (nSPS) is 10.6. The first kappa shape index (κ1) is 26.1. The molecule has 5 nitrogen and oxygen atoms in total. The van der Waals surface area contributed by atoms with Crippen molar-refractivity contribution in [2.45, 2.75) is 6.18 Å². The summed E-state index contributed by atoms with van der Waals surface area (Å²) in [6.45, 7) is 0. The minimum absolute atomic E-state index is 0. The van der Waals surface area contributed by atoms with Crippen molar-refractivity contribution in [2.75, 3.05) is 19.0 Å². The van der Waals surface area contributed by atoms with Crippen LogP contribution in [0.5, 0.6) is 0 Å². The van der Waals surface area contributed by atoms with Gasteiger partial charge in [0, 0.05) is 69.6 Å². The number of benzene rings is 1. The van der Waals surface area contributed by atoms with Crippen molar-refractivity contribution in [2.24, 2.45) is 0 Å². The average Bonchev–Trinajstić information content (AvgIpc) is 3.26. The van der Waals surface area contributed by atoms with Crippen molar-refractivity contribution >= 4 is 5.69 Å². The number of rotatable bonds is 3. The van der Waals surface area contributed by atoms with E-state index < -0.39 is 23.5 Å². The van der Waals surface area contributed by atoms with Crippen molar-refractivity contribution in [3.8, 4) is 22.6 Å². The first-order chi connectivity index (χ1) is 15.1. The Hall–Kier alpha value is -3.17. The van der Waals surface area contributed by atoms with E-state index in [1.165, 1.54) is 6.20 Å². The van der Waals surface area contributed by atoms with Gasteiger partial charge in [-0.25, -0.2) is 0 Å². The molecular formula is C22H16F5IrN5-2. The topological polar surface area (TPSA) is 56.0 Å². The van der Waals surface area contributed by atoms with E-state index in [0.717, 1.165) is 23.9 Å². The molecule has 3 aromatic heterocycles. The molecule has 0 atom stereocenters. The Bertz CT molecular complexity index is 1180. The third-order valence-corrected chi connectivity index (χ3v) is 4.13. The van der Waals surface area contributed by atoms with Gasteiger partial charge in [0.05, 0.1) is 0 Å². The molecule has 1 radical (unpaired) electrons. The van der Waals surface area contributed by atoms with Gasteiger partial charge in [0.2, 0.25) is 0 Å². The summed E-state index contributed by atoms with van der Waals surface area (Å²) >= 11 is 0. The van der Waals surface area contributed by atoms with Crippen LogP contribution in [0.1, 0.15) is 5.69 Å². The first-order valence-electron chi connectivity index (χ1n) is 9.14. The standard InChI is InChI=1S/C13H11F2N2.C9H5F3N3.Ir/c1-17(2)10-5-6-16-13(8-10)11-4-3-9(14)7-12(11)15;10-9(11,12)8-5-7(14-15-8)6-3-1-2-4-13-6;/h3,5-8H,1-2H3;1-5H;/q2*-1;. The number of halogens is 5. The summed E-state index contributed by atoms with van der Waals surface area (Å²) in [6.07, 6.45) is -1.39. The quantitative estimate of drug-likeness (QED) is 0.234. The van der Waals surface area contributed by atoms with E-state index in [1.807, 2.05) is 25.1 Å². The molecule has 0 unspecified atom stereocenters. The van der Waals surface area contributed by atoms with Gasteiger partial charge in [-0.2, -0.15) is 13.2 Å². The fourth-order valence-corrected chi connectivity index (χ4v) is 2.55. The number of alkyl halides is 3. The Morgan fingerprint density at radius 3 is 2.24 bits per heavy atom. The fraction of sp³-hybridized carbons (Fsp3) is 0.136. The maximum absolute atomic E-state index is 13.5. The van der Waals surface area contributed by atoms with Gasteiger partial charge in [0.1, 0.15) is 5.69 Å². The molecule has 33 heavy (non-hydrogen) atoms. The third-order valence-electron chi connectivity index (χ3n) is 4.13. The molecule has 4 aromatic rings. The van der Waals surface area contributed by atoms with Crippen LogP contribution in [-0.4, -0.2) is 29.2 Å². The van der Waals surface area contributed by atoms with Gasteiger partial charge in [-0.15, -0.1) is 12.1 Å². The number of nitrogens with zero attached hydrogens (tertiary/aromatic N) is 5. The van der Waals surface area contributed by atoms with Crippen molar-refractivity contribution in [3.05, 3.63) is 84.3 Å². The zero-order valence-corrected chi connectivity index (χ0v) is 19.6. The minimum Gasteiger partial charge on any atom is -0.573 e. The molecule has 0 bridgehead atoms. The smallest absolute Gasteiger partial charge is 0.431 e. The van der Waals surface area contributed by atoms with E-state index in [2.05, 4.69) is 26.2 Å². The largest absolute Gasteiger partial charge is 0.573 e. The average molecular weight is 638 g/mol. The van der Waals surface area contributed by atoms with Gasteiger partial charge in [-0.05, 0) is 30.0 Å². The van der Waals surface area contributed by atoms with Crippen LogP contribution < -0.4 is 10.00 Å². The van der Waals surface area contributed by atoms with E-state index in [-0.39, 0.29) is 31.4 Å². The van der Waals surface area contributed by atoms with Gasteiger partial charge in [0.25, 0.3) is 0 Å². The molecule has 1 aromatic carbocycles. The van der Waals surface area contributed by atoms with Crippen LogP contribution in [0, 0.1) is 17.7 Å². The molecule has 0 amide bonds. The van der Waals surface area contributed by atoms with E-state index in [0.29, 0.717) is 11.4 Å². The number of hydrogen-bond donors (Lipinski definition) is 0. The van der Waals surface area contributed by atoms with Gasteiger partial charge in [-0.1, -0.05) is 29.5 Å². The van der Waals surface area contributed by atoms with Crippen LogP contribution in [0.15, 0.2) is 60.9 Å². The molecule has 0 aliphatic heterocycles. The van der Waals surface area contributed by atoms with Crippen molar-refractivity contribution in [1.82, 2.24) is 20.2 Å². The van der Waals surface area contributed by atoms with Crippen LogP contribution in [0.25, 0.3) is 22.6 Å². The Morgan fingerprint density at radius 1 is 0.939 bits per heavy atom. The maximum Gasteiger partial charge on any atom is 0.431 e. The molecule has 0 spiro atoms. The number of hydrogen-bond acceptors (Lipinski definition) is 4. The second-order valence-electron chi connectivity index (χ2n) is 6.66. The SMILES string of the molecule is CN(C)c1ccnc(-c2[c-]cc(F)cc2F)c1.FC(F)(F)c1cc(-c2ccccn2)[n-]n1.[Ir]. The predicted molar refractivity (Wildman–Crippen MR) is 109 cm³/mol. The zero-order valence-electron chi connectivity index (χ0n) is 17.2. The van der Waals surface area contributed by atoms with Crippen molar-refractivity contribution in [1.29, 1.82) is 0 Å². The zero-order chi connectivity index (χ0) is 23.3. The summed E-state index contributed by atoms with van der Waals surface area (Å²) in [6, 6.07) is 13.8. The van der Waals surface area contributed by atoms with E-state index >= 15 is 0 Å². The number of pyridine rings is 2. The summed E-state index contributed by atoms with van der Waals surface area (Å²) in [7, 11) is 3.76. The molecule has 0 fully saturated rings. The summed E-state index contributed by atoms with van der Waals surface area (Å²) in [5.41, 5.74) is 1.02. The summed E-state index contributed by atoms with van der Waals surface area (Å²) in [4.78, 5) is 9.82. The van der Waals surface area contributed by atoms with Gasteiger partial charge in [0.15, 0.2) is 0 Å². The molecule has 175 valence electrons. The Balaban J connectivity index is 0.000000228. The Labute approximate surface area is 200 Å². The Morgan fingerprint density at radius 2 is 1.67 bits per heavy atom. The Kier molecular flexibility index (Phi) is 8.78. The van der Waals surface area contributed by atoms with Crippen LogP contribution in [-0.2, 0) is 26.3 Å². The molecule has 0 aliphatic rings. The summed E-state index contributed by atoms with van der Waals surface area (Å²) < 4.78 is 62.9. The van der Waals surface area contributed by atoms with Crippen LogP contribution in [0.4, 0.5) is 27.6 Å². The van der Waals surface area contributed by atoms with E-state index in [9.17, 15) is 22.0 Å². The van der Waals surface area contributed by atoms with E-state index in [4.69, 9.17) is 0 Å². The first-order valence-corrected chi connectivity index (χ1v) is 9.14. The third kappa shape index (κ3) is 6.90. The number of anilines is 1. The molecule has 4 rings (SSSR count). The summed E-state index contributed by atoms with van der Waals surface area (Å²) in [5, 5.41) is 6.47. The van der Waals surface area contributed by atoms with Crippen LogP contribution >= 0.6 is 0 Å². The van der Waals surface area contributed by atoms with Crippen molar-refractivity contribution < 1.29 is 42.1 Å². The predicted octanol–water partition coefficient (Wildman–Crippen LogP) is 5.01. The van der Waals surface area contributed by atoms with Crippen LogP contribution in [0.2, 0.25) is 0 Å². The second-order valence-corrected chi connectivity index (χ2v) is 6.66. The molecule has 3 heterocycles. The van der Waals surface area contributed by atoms with Gasteiger partial charge in [-0.3, -0.25) is 13.8 Å². The maximum atomic E-state index is 13.5. The van der Waals surface area contributed by atoms with Crippen LogP contribution in [0.3, 0.4) is 0 Å². The molecule has 11 heteroatoms. The van der Waals surface area contributed by atoms with Gasteiger partial charge >= 0.3 is 6.18 Å². The minimum atomic E-state index is -4.46. The molecule has 0 saturated carbocycles. The van der Waals surface area contributed by atoms with Gasteiger partial charge < -0.3 is 20.1 Å². The fourth-order valence-electron chi connectivity index (χ4n) is 2.55. The molecule has 0 saturated heterocycles. The monoisotopic (exact) mass is 638 g/mol. The molecule has 0 aliphatic carbocycles. The second kappa shape index (κ2) is 11.1. The number of aromatic nitrogens is 4.